The standard InChI is InChI=1S/C10H18N2O4S/c1-2-8(9(13)14)12-10(15)11-7-3-5-17(16)6-4-7/h7-8H,2-6H2,1H3,(H,13,14)(H2,11,12,15)/t7?,8-,17?/m1/s1. The number of carboxylic acid groups (broad SMARTS) is 1. The van der Waals surface area contributed by atoms with Crippen LogP contribution in [0, 0.1) is 0 Å². The van der Waals surface area contributed by atoms with Crippen molar-refractivity contribution in [1.29, 1.82) is 0 Å². The number of hydrogen-bond acceptors (Lipinski definition) is 3. The molecule has 0 aromatic carbocycles. The Balaban J connectivity index is 2.34. The number of aliphatic carboxylic acids is 1. The van der Waals surface area contributed by atoms with Crippen LogP contribution < -0.4 is 10.6 Å². The molecule has 1 aliphatic heterocycles. The summed E-state index contributed by atoms with van der Waals surface area (Å²) in [5, 5.41) is 13.9. The Kier molecular flexibility index (Phi) is 5.40. The van der Waals surface area contributed by atoms with E-state index in [-0.39, 0.29) is 6.04 Å². The third-order valence-electron chi connectivity index (χ3n) is 2.73. The van der Waals surface area contributed by atoms with Gasteiger partial charge >= 0.3 is 12.0 Å². The van der Waals surface area contributed by atoms with E-state index < -0.39 is 28.8 Å². The normalized spacial score (nSPS) is 25.9. The van der Waals surface area contributed by atoms with Crippen LogP contribution in [0.15, 0.2) is 0 Å². The second-order valence-electron chi connectivity index (χ2n) is 4.04. The van der Waals surface area contributed by atoms with Crippen molar-refractivity contribution >= 4 is 22.8 Å². The first-order chi connectivity index (χ1) is 8.02. The largest absolute Gasteiger partial charge is 0.480 e. The molecule has 7 heteroatoms. The molecule has 0 radical (unpaired) electrons. The van der Waals surface area contributed by atoms with Crippen molar-refractivity contribution < 1.29 is 18.9 Å². The molecular weight excluding hydrogens is 244 g/mol. The molecule has 1 rings (SSSR count). The molecule has 0 spiro atoms. The van der Waals surface area contributed by atoms with Crippen molar-refractivity contribution in [2.24, 2.45) is 0 Å². The molecule has 0 bridgehead atoms. The molecule has 98 valence electrons. The molecule has 1 atom stereocenters. The molecule has 2 amide bonds. The molecule has 1 heterocycles. The summed E-state index contributed by atoms with van der Waals surface area (Å²) in [4.78, 5) is 22.2. The lowest BCUT2D eigenvalue weighted by Gasteiger charge is -2.23. The molecule has 1 saturated heterocycles. The smallest absolute Gasteiger partial charge is 0.326 e. The zero-order valence-electron chi connectivity index (χ0n) is 9.77. The van der Waals surface area contributed by atoms with Gasteiger partial charge in [0.25, 0.3) is 0 Å². The highest BCUT2D eigenvalue weighted by Gasteiger charge is 2.22. The fraction of sp³-hybridized carbons (Fsp3) is 0.800. The average molecular weight is 262 g/mol. The highest BCUT2D eigenvalue weighted by molar-refractivity contribution is 7.85. The molecule has 3 N–H and O–H groups in total. The minimum atomic E-state index is -1.03. The number of urea groups is 1. The summed E-state index contributed by atoms with van der Waals surface area (Å²) in [6.45, 7) is 1.70. The van der Waals surface area contributed by atoms with Crippen molar-refractivity contribution in [3.05, 3.63) is 0 Å². The van der Waals surface area contributed by atoms with Crippen LogP contribution in [0.4, 0.5) is 4.79 Å². The molecule has 1 fully saturated rings. The number of amides is 2. The topological polar surface area (TPSA) is 95.5 Å². The van der Waals surface area contributed by atoms with E-state index in [1.165, 1.54) is 0 Å². The van der Waals surface area contributed by atoms with Gasteiger partial charge in [-0.1, -0.05) is 6.92 Å². The third-order valence-corrected chi connectivity index (χ3v) is 4.12. The Labute approximate surface area is 103 Å². The summed E-state index contributed by atoms with van der Waals surface area (Å²) < 4.78 is 11.1. The van der Waals surface area contributed by atoms with Crippen molar-refractivity contribution in [2.75, 3.05) is 11.5 Å². The maximum absolute atomic E-state index is 11.5. The van der Waals surface area contributed by atoms with Crippen LogP contribution in [-0.2, 0) is 15.6 Å². The summed E-state index contributed by atoms with van der Waals surface area (Å²) in [5.41, 5.74) is 0. The molecule has 0 aromatic heterocycles. The highest BCUT2D eigenvalue weighted by Crippen LogP contribution is 2.08. The SMILES string of the molecule is CC[C@@H](NC(=O)NC1CCS(=O)CC1)C(=O)O. The van der Waals surface area contributed by atoms with Crippen molar-refractivity contribution in [2.45, 2.75) is 38.3 Å². The van der Waals surface area contributed by atoms with Gasteiger partial charge in [-0.2, -0.15) is 0 Å². The molecule has 6 nitrogen and oxygen atoms in total. The van der Waals surface area contributed by atoms with Gasteiger partial charge in [-0.15, -0.1) is 0 Å². The van der Waals surface area contributed by atoms with E-state index in [1.54, 1.807) is 6.92 Å². The Morgan fingerprint density at radius 2 is 2.00 bits per heavy atom. The highest BCUT2D eigenvalue weighted by atomic mass is 32.2. The van der Waals surface area contributed by atoms with E-state index in [2.05, 4.69) is 10.6 Å². The average Bonchev–Trinajstić information content (AvgIpc) is 2.28. The Hall–Kier alpha value is -1.11. The fourth-order valence-electron chi connectivity index (χ4n) is 1.66. The summed E-state index contributed by atoms with van der Waals surface area (Å²) in [6, 6.07) is -1.32. The van der Waals surface area contributed by atoms with Gasteiger partial charge in [0, 0.05) is 28.3 Å². The van der Waals surface area contributed by atoms with E-state index in [0.717, 1.165) is 0 Å². The van der Waals surface area contributed by atoms with Gasteiger partial charge in [-0.25, -0.2) is 9.59 Å². The predicted molar refractivity (Wildman–Crippen MR) is 64.3 cm³/mol. The van der Waals surface area contributed by atoms with Gasteiger partial charge in [0.15, 0.2) is 0 Å². The summed E-state index contributed by atoms with van der Waals surface area (Å²) in [7, 11) is -0.761. The number of carboxylic acids is 1. The number of rotatable bonds is 4. The molecule has 0 saturated carbocycles. The number of carbonyl (C=O) groups is 2. The Morgan fingerprint density at radius 1 is 1.41 bits per heavy atom. The van der Waals surface area contributed by atoms with Crippen molar-refractivity contribution in [1.82, 2.24) is 10.6 Å². The van der Waals surface area contributed by atoms with E-state index in [4.69, 9.17) is 5.11 Å². The van der Waals surface area contributed by atoms with Crippen LogP contribution in [-0.4, -0.2) is 44.9 Å². The number of carbonyl (C=O) groups excluding carboxylic acids is 1. The maximum atomic E-state index is 11.5. The molecule has 1 aliphatic rings. The zero-order chi connectivity index (χ0) is 12.8. The van der Waals surface area contributed by atoms with Crippen LogP contribution in [0.2, 0.25) is 0 Å². The third kappa shape index (κ3) is 4.72. The van der Waals surface area contributed by atoms with Crippen LogP contribution in [0.25, 0.3) is 0 Å². The Morgan fingerprint density at radius 3 is 2.47 bits per heavy atom. The van der Waals surface area contributed by atoms with E-state index in [1.807, 2.05) is 0 Å². The van der Waals surface area contributed by atoms with Gasteiger partial charge in [-0.3, -0.25) is 4.21 Å². The molecular formula is C10H18N2O4S. The van der Waals surface area contributed by atoms with E-state index in [9.17, 15) is 13.8 Å². The van der Waals surface area contributed by atoms with Crippen LogP contribution in [0.1, 0.15) is 26.2 Å². The zero-order valence-corrected chi connectivity index (χ0v) is 10.6. The molecule has 0 aromatic rings. The summed E-state index contributed by atoms with van der Waals surface area (Å²) in [5.74, 6) is 0.162. The van der Waals surface area contributed by atoms with Gasteiger partial charge in [0.05, 0.1) is 0 Å². The lowest BCUT2D eigenvalue weighted by Crippen LogP contribution is -2.50. The van der Waals surface area contributed by atoms with Gasteiger partial charge < -0.3 is 15.7 Å². The minimum absolute atomic E-state index is 0.000925. The lowest BCUT2D eigenvalue weighted by atomic mass is 10.1. The lowest BCUT2D eigenvalue weighted by molar-refractivity contribution is -0.139. The predicted octanol–water partition coefficient (Wildman–Crippen LogP) is 0.0599. The number of hydrogen-bond donors (Lipinski definition) is 3. The second-order valence-corrected chi connectivity index (χ2v) is 5.74. The van der Waals surface area contributed by atoms with E-state index in [0.29, 0.717) is 30.8 Å². The fourth-order valence-corrected chi connectivity index (χ4v) is 2.96. The first kappa shape index (κ1) is 14.0. The van der Waals surface area contributed by atoms with Gasteiger partial charge in [0.1, 0.15) is 6.04 Å². The maximum Gasteiger partial charge on any atom is 0.326 e. The van der Waals surface area contributed by atoms with E-state index >= 15 is 0 Å². The second kappa shape index (κ2) is 6.58. The molecule has 17 heavy (non-hydrogen) atoms. The number of nitrogens with one attached hydrogen (secondary N) is 2. The van der Waals surface area contributed by atoms with Crippen LogP contribution in [0.5, 0.6) is 0 Å². The van der Waals surface area contributed by atoms with Crippen molar-refractivity contribution in [3.63, 3.8) is 0 Å². The minimum Gasteiger partial charge on any atom is -0.480 e. The summed E-state index contributed by atoms with van der Waals surface area (Å²) >= 11 is 0. The van der Waals surface area contributed by atoms with Gasteiger partial charge in [-0.05, 0) is 19.3 Å². The molecule has 0 aliphatic carbocycles. The first-order valence-corrected chi connectivity index (χ1v) is 7.16. The molecule has 0 unspecified atom stereocenters. The van der Waals surface area contributed by atoms with Crippen molar-refractivity contribution in [3.8, 4) is 0 Å². The Bertz CT molecular complexity index is 311. The van der Waals surface area contributed by atoms with Crippen LogP contribution in [0.3, 0.4) is 0 Å². The van der Waals surface area contributed by atoms with Crippen LogP contribution >= 0.6 is 0 Å². The summed E-state index contributed by atoms with van der Waals surface area (Å²) in [6.07, 6.45) is 1.71. The monoisotopic (exact) mass is 262 g/mol. The quantitative estimate of drug-likeness (QED) is 0.667. The first-order valence-electron chi connectivity index (χ1n) is 5.67. The van der Waals surface area contributed by atoms with Gasteiger partial charge in [0.2, 0.25) is 0 Å².